The second kappa shape index (κ2) is 8.77. The van der Waals surface area contributed by atoms with Crippen molar-refractivity contribution in [3.63, 3.8) is 0 Å². The zero-order valence-corrected chi connectivity index (χ0v) is 16.6. The van der Waals surface area contributed by atoms with E-state index in [1.807, 2.05) is 0 Å². The van der Waals surface area contributed by atoms with E-state index in [0.29, 0.717) is 30.8 Å². The smallest absolute Gasteiger partial charge is 0.253 e. The Bertz CT molecular complexity index is 766. The predicted octanol–water partition coefficient (Wildman–Crippen LogP) is 1.72. The molecule has 2 aliphatic carbocycles. The lowest BCUT2D eigenvalue weighted by Crippen LogP contribution is -2.55. The normalized spacial score (nSPS) is 21.2. The molecule has 0 bridgehead atoms. The third-order valence-corrected chi connectivity index (χ3v) is 6.13. The molecule has 3 fully saturated rings. The van der Waals surface area contributed by atoms with Crippen LogP contribution in [0.4, 0.5) is 15.8 Å². The third kappa shape index (κ3) is 4.60. The number of hydrogen-bond acceptors (Lipinski definition) is 5. The van der Waals surface area contributed by atoms with Gasteiger partial charge in [0.1, 0.15) is 18.5 Å². The van der Waals surface area contributed by atoms with Gasteiger partial charge in [-0.3, -0.25) is 14.5 Å². The molecule has 1 aromatic carbocycles. The number of nitrogens with zero attached hydrogens (tertiary/aromatic N) is 2. The number of hydrogen-bond donors (Lipinski definition) is 2. The number of amides is 2. The van der Waals surface area contributed by atoms with E-state index < -0.39 is 11.9 Å². The zero-order valence-electron chi connectivity index (χ0n) is 16.6. The van der Waals surface area contributed by atoms with Crippen LogP contribution in [0.3, 0.4) is 0 Å². The SMILES string of the molecule is NC[C@@H](C(=O)Nc1ccc(N2CCOCC2=O)c(F)c1)N(CC1CC1)C1CCC1. The van der Waals surface area contributed by atoms with E-state index in [4.69, 9.17) is 10.5 Å². The Morgan fingerprint density at radius 3 is 2.72 bits per heavy atom. The highest BCUT2D eigenvalue weighted by atomic mass is 19.1. The van der Waals surface area contributed by atoms with E-state index in [1.165, 1.54) is 36.3 Å². The molecule has 2 amide bonds. The van der Waals surface area contributed by atoms with Gasteiger partial charge in [0.25, 0.3) is 5.91 Å². The Morgan fingerprint density at radius 1 is 1.34 bits per heavy atom. The molecule has 8 heteroatoms. The Morgan fingerprint density at radius 2 is 2.14 bits per heavy atom. The van der Waals surface area contributed by atoms with Gasteiger partial charge in [0.15, 0.2) is 0 Å². The monoisotopic (exact) mass is 404 g/mol. The van der Waals surface area contributed by atoms with E-state index in [9.17, 15) is 14.0 Å². The van der Waals surface area contributed by atoms with Gasteiger partial charge in [-0.15, -0.1) is 0 Å². The summed E-state index contributed by atoms with van der Waals surface area (Å²) in [6.45, 7) is 1.78. The quantitative estimate of drug-likeness (QED) is 0.689. The van der Waals surface area contributed by atoms with Crippen molar-refractivity contribution in [2.24, 2.45) is 11.7 Å². The molecular weight excluding hydrogens is 375 g/mol. The first-order chi connectivity index (χ1) is 14.1. The molecule has 1 aromatic rings. The highest BCUT2D eigenvalue weighted by Crippen LogP contribution is 2.35. The van der Waals surface area contributed by atoms with Crippen molar-refractivity contribution in [1.29, 1.82) is 0 Å². The lowest BCUT2D eigenvalue weighted by molar-refractivity contribution is -0.126. The summed E-state index contributed by atoms with van der Waals surface area (Å²) in [5.74, 6) is -0.350. The molecular formula is C21H29FN4O3. The number of rotatable bonds is 8. The van der Waals surface area contributed by atoms with Crippen molar-refractivity contribution in [1.82, 2.24) is 4.90 Å². The van der Waals surface area contributed by atoms with E-state index in [0.717, 1.165) is 19.4 Å². The topological polar surface area (TPSA) is 87.9 Å². The summed E-state index contributed by atoms with van der Waals surface area (Å²) in [5, 5.41) is 2.82. The molecule has 2 saturated carbocycles. The number of nitrogens with two attached hydrogens (primary N) is 1. The summed E-state index contributed by atoms with van der Waals surface area (Å²) in [6, 6.07) is 4.42. The number of morpholine rings is 1. The van der Waals surface area contributed by atoms with Gasteiger partial charge in [-0.25, -0.2) is 4.39 Å². The molecule has 1 saturated heterocycles. The second-order valence-corrected chi connectivity index (χ2v) is 8.23. The number of carbonyl (C=O) groups excluding carboxylic acids is 2. The van der Waals surface area contributed by atoms with Gasteiger partial charge in [0.05, 0.1) is 12.3 Å². The van der Waals surface area contributed by atoms with Crippen molar-refractivity contribution < 1.29 is 18.7 Å². The Balaban J connectivity index is 1.44. The molecule has 1 heterocycles. The van der Waals surface area contributed by atoms with Crippen LogP contribution in [0.25, 0.3) is 0 Å². The Labute approximate surface area is 170 Å². The van der Waals surface area contributed by atoms with Crippen molar-refractivity contribution in [2.75, 3.05) is 43.1 Å². The van der Waals surface area contributed by atoms with Gasteiger partial charge in [-0.2, -0.15) is 0 Å². The molecule has 0 spiro atoms. The molecule has 1 aliphatic heterocycles. The third-order valence-electron chi connectivity index (χ3n) is 6.13. The molecule has 1 atom stereocenters. The number of carbonyl (C=O) groups is 2. The van der Waals surface area contributed by atoms with Gasteiger partial charge in [-0.05, 0) is 49.8 Å². The van der Waals surface area contributed by atoms with Crippen molar-refractivity contribution in [2.45, 2.75) is 44.2 Å². The maximum absolute atomic E-state index is 14.7. The number of ether oxygens (including phenoxy) is 1. The second-order valence-electron chi connectivity index (χ2n) is 8.23. The minimum absolute atomic E-state index is 0.0475. The summed E-state index contributed by atoms with van der Waals surface area (Å²) in [4.78, 5) is 28.5. The van der Waals surface area contributed by atoms with Crippen LogP contribution in [0.15, 0.2) is 18.2 Å². The van der Waals surface area contributed by atoms with Crippen LogP contribution in [0, 0.1) is 11.7 Å². The lowest BCUT2D eigenvalue weighted by atomic mass is 9.89. The first-order valence-corrected chi connectivity index (χ1v) is 10.5. The van der Waals surface area contributed by atoms with Gasteiger partial charge < -0.3 is 20.7 Å². The van der Waals surface area contributed by atoms with Gasteiger partial charge in [0, 0.05) is 31.4 Å². The van der Waals surface area contributed by atoms with Gasteiger partial charge >= 0.3 is 0 Å². The van der Waals surface area contributed by atoms with Crippen LogP contribution >= 0.6 is 0 Å². The maximum Gasteiger partial charge on any atom is 0.253 e. The molecule has 0 radical (unpaired) electrons. The average molecular weight is 404 g/mol. The summed E-state index contributed by atoms with van der Waals surface area (Å²) in [6.07, 6.45) is 5.84. The Kier molecular flexibility index (Phi) is 6.12. The zero-order chi connectivity index (χ0) is 20.4. The van der Waals surface area contributed by atoms with Crippen molar-refractivity contribution in [3.05, 3.63) is 24.0 Å². The summed E-state index contributed by atoms with van der Waals surface area (Å²) >= 11 is 0. The van der Waals surface area contributed by atoms with Crippen LogP contribution in [0.5, 0.6) is 0 Å². The van der Waals surface area contributed by atoms with Crippen LogP contribution in [-0.4, -0.2) is 61.6 Å². The van der Waals surface area contributed by atoms with E-state index in [1.54, 1.807) is 6.07 Å². The van der Waals surface area contributed by atoms with Gasteiger partial charge in [-0.1, -0.05) is 6.42 Å². The molecule has 3 aliphatic rings. The summed E-state index contributed by atoms with van der Waals surface area (Å²) in [7, 11) is 0. The molecule has 7 nitrogen and oxygen atoms in total. The number of halogens is 1. The fourth-order valence-corrected chi connectivity index (χ4v) is 4.04. The van der Waals surface area contributed by atoms with Crippen LogP contribution < -0.4 is 16.0 Å². The number of nitrogens with one attached hydrogen (secondary N) is 1. The van der Waals surface area contributed by atoms with E-state index >= 15 is 0 Å². The largest absolute Gasteiger partial charge is 0.370 e. The van der Waals surface area contributed by atoms with E-state index in [2.05, 4.69) is 10.2 Å². The standard InChI is InChI=1S/C21H29FN4O3/c22-17-10-15(6-7-18(17)25-8-9-29-13-20(25)27)24-21(28)19(11-23)26(12-14-4-5-14)16-2-1-3-16/h6-7,10,14,16,19H,1-5,8-9,11-13,23H2,(H,24,28)/t19-/m0/s1. The van der Waals surface area contributed by atoms with Crippen molar-refractivity contribution in [3.8, 4) is 0 Å². The van der Waals surface area contributed by atoms with Crippen LogP contribution in [0.1, 0.15) is 32.1 Å². The fourth-order valence-electron chi connectivity index (χ4n) is 4.04. The van der Waals surface area contributed by atoms with Crippen molar-refractivity contribution >= 4 is 23.2 Å². The van der Waals surface area contributed by atoms with Crippen LogP contribution in [-0.2, 0) is 14.3 Å². The predicted molar refractivity (Wildman–Crippen MR) is 108 cm³/mol. The minimum Gasteiger partial charge on any atom is -0.370 e. The highest BCUT2D eigenvalue weighted by Gasteiger charge is 2.37. The van der Waals surface area contributed by atoms with E-state index in [-0.39, 0.29) is 30.7 Å². The molecule has 0 unspecified atom stereocenters. The van der Waals surface area contributed by atoms with Gasteiger partial charge in [0.2, 0.25) is 5.91 Å². The maximum atomic E-state index is 14.7. The first kappa shape index (κ1) is 20.3. The number of anilines is 2. The fraction of sp³-hybridized carbons (Fsp3) is 0.619. The molecule has 158 valence electrons. The molecule has 3 N–H and O–H groups in total. The molecule has 0 aromatic heterocycles. The highest BCUT2D eigenvalue weighted by molar-refractivity contribution is 5.97. The molecule has 4 rings (SSSR count). The summed E-state index contributed by atoms with van der Waals surface area (Å²) in [5.41, 5.74) is 6.55. The number of benzene rings is 1. The van der Waals surface area contributed by atoms with Crippen LogP contribution in [0.2, 0.25) is 0 Å². The minimum atomic E-state index is -0.545. The molecule has 29 heavy (non-hydrogen) atoms. The Hall–Kier alpha value is -2.03. The summed E-state index contributed by atoms with van der Waals surface area (Å²) < 4.78 is 19.7. The first-order valence-electron chi connectivity index (χ1n) is 10.5. The average Bonchev–Trinajstić information content (AvgIpc) is 3.46. The lowest BCUT2D eigenvalue weighted by Gasteiger charge is -2.41.